The smallest absolute Gasteiger partial charge is 0.366 e. The average Bonchev–Trinajstić information content (AvgIpc) is 2.65. The average molecular weight is 407 g/mol. The Labute approximate surface area is 164 Å². The summed E-state index contributed by atoms with van der Waals surface area (Å²) in [5.74, 6) is -0.996. The maximum atomic E-state index is 12.5. The minimum absolute atomic E-state index is 0.0831. The number of pyridine rings is 1. The topological polar surface area (TPSA) is 124 Å². The summed E-state index contributed by atoms with van der Waals surface area (Å²) in [5, 5.41) is 13.9. The lowest BCUT2D eigenvalue weighted by molar-refractivity contribution is -0.389. The first kappa shape index (κ1) is 19.4. The highest BCUT2D eigenvalue weighted by molar-refractivity contribution is 6.32. The van der Waals surface area contributed by atoms with Gasteiger partial charge in [-0.25, -0.2) is 0 Å². The van der Waals surface area contributed by atoms with Gasteiger partial charge in [-0.05, 0) is 41.1 Å². The van der Waals surface area contributed by atoms with Gasteiger partial charge in [0, 0.05) is 11.8 Å². The number of rotatable bonds is 5. The highest BCUT2D eigenvalue weighted by Crippen LogP contribution is 2.34. The predicted octanol–water partition coefficient (Wildman–Crippen LogP) is 2.40. The predicted molar refractivity (Wildman–Crippen MR) is 100.0 cm³/mol. The number of ether oxygens (including phenoxy) is 2. The number of halogens is 1. The molecule has 0 spiro atoms. The van der Waals surface area contributed by atoms with Crippen molar-refractivity contribution >= 4 is 40.7 Å². The molecule has 0 radical (unpaired) electrons. The summed E-state index contributed by atoms with van der Waals surface area (Å²) in [6, 6.07) is 7.18. The summed E-state index contributed by atoms with van der Waals surface area (Å²) in [4.78, 5) is 40.1. The van der Waals surface area contributed by atoms with Gasteiger partial charge < -0.3 is 24.9 Å². The van der Waals surface area contributed by atoms with Crippen molar-refractivity contribution in [3.8, 4) is 11.5 Å². The zero-order valence-electron chi connectivity index (χ0n) is 14.8. The quantitative estimate of drug-likeness (QED) is 0.597. The Kier molecular flexibility index (Phi) is 5.32. The Hall–Kier alpha value is -3.40. The van der Waals surface area contributed by atoms with Crippen molar-refractivity contribution in [1.29, 1.82) is 0 Å². The summed E-state index contributed by atoms with van der Waals surface area (Å²) in [7, 11) is 1.47. The van der Waals surface area contributed by atoms with Crippen molar-refractivity contribution in [2.24, 2.45) is 0 Å². The number of nitro groups is 1. The van der Waals surface area contributed by atoms with Crippen molar-refractivity contribution in [2.75, 3.05) is 23.9 Å². The lowest BCUT2D eigenvalue weighted by atomic mass is 10.2. The first-order chi connectivity index (χ1) is 13.3. The van der Waals surface area contributed by atoms with Gasteiger partial charge in [0.1, 0.15) is 12.3 Å². The number of hydrogen-bond donors (Lipinski definition) is 1. The maximum absolute atomic E-state index is 12.5. The molecule has 1 atom stereocenters. The Morgan fingerprint density at radius 3 is 2.82 bits per heavy atom. The Morgan fingerprint density at radius 1 is 1.43 bits per heavy atom. The fourth-order valence-electron chi connectivity index (χ4n) is 2.62. The van der Waals surface area contributed by atoms with E-state index in [2.05, 4.69) is 10.3 Å². The van der Waals surface area contributed by atoms with Crippen molar-refractivity contribution in [1.82, 2.24) is 4.98 Å². The van der Waals surface area contributed by atoms with Crippen LogP contribution in [0.2, 0.25) is 5.02 Å². The van der Waals surface area contributed by atoms with Gasteiger partial charge in [0.05, 0.1) is 12.1 Å². The van der Waals surface area contributed by atoms with Crippen LogP contribution in [0.1, 0.15) is 6.92 Å². The van der Waals surface area contributed by atoms with E-state index in [1.807, 2.05) is 0 Å². The number of benzene rings is 1. The molecule has 0 bridgehead atoms. The second kappa shape index (κ2) is 7.69. The van der Waals surface area contributed by atoms with E-state index in [0.717, 1.165) is 4.90 Å². The Morgan fingerprint density at radius 2 is 2.18 bits per heavy atom. The van der Waals surface area contributed by atoms with Crippen LogP contribution in [0.5, 0.6) is 11.5 Å². The zero-order valence-corrected chi connectivity index (χ0v) is 15.6. The number of anilines is 2. The highest BCUT2D eigenvalue weighted by atomic mass is 35.5. The van der Waals surface area contributed by atoms with Gasteiger partial charge in [0.2, 0.25) is 5.91 Å². The number of amides is 2. The summed E-state index contributed by atoms with van der Waals surface area (Å²) < 4.78 is 10.5. The van der Waals surface area contributed by atoms with Crippen LogP contribution in [0, 0.1) is 10.1 Å². The molecular formula is C17H15ClN4O6. The molecule has 28 heavy (non-hydrogen) atoms. The lowest BCUT2D eigenvalue weighted by Crippen LogP contribution is -2.48. The number of nitrogens with zero attached hydrogens (tertiary/aromatic N) is 3. The number of nitrogens with one attached hydrogen (secondary N) is 1. The maximum Gasteiger partial charge on any atom is 0.366 e. The van der Waals surface area contributed by atoms with E-state index in [1.165, 1.54) is 32.2 Å². The van der Waals surface area contributed by atoms with Crippen molar-refractivity contribution < 1.29 is 24.0 Å². The lowest BCUT2D eigenvalue weighted by Gasteiger charge is -2.28. The van der Waals surface area contributed by atoms with Crippen LogP contribution in [0.3, 0.4) is 0 Å². The molecule has 2 heterocycles. The molecule has 1 aliphatic heterocycles. The van der Waals surface area contributed by atoms with Crippen LogP contribution in [0.15, 0.2) is 30.3 Å². The summed E-state index contributed by atoms with van der Waals surface area (Å²) in [6.45, 7) is 1.11. The van der Waals surface area contributed by atoms with Gasteiger partial charge in [-0.2, -0.15) is 0 Å². The molecule has 11 heteroatoms. The summed E-state index contributed by atoms with van der Waals surface area (Å²) in [5.41, 5.74) is 0.400. The number of aromatic nitrogens is 1. The SMILES string of the molecule is COc1ccc(NC(=O)CN2C(=O)C(C)Oc3ccc([N+](=O)[O-])nc32)cc1Cl. The fourth-order valence-corrected chi connectivity index (χ4v) is 2.88. The number of methoxy groups -OCH3 is 1. The molecule has 1 aromatic carbocycles. The highest BCUT2D eigenvalue weighted by Gasteiger charge is 2.37. The molecule has 2 aromatic rings. The van der Waals surface area contributed by atoms with Crippen molar-refractivity contribution in [3.05, 3.63) is 45.5 Å². The molecule has 1 aliphatic rings. The van der Waals surface area contributed by atoms with Crippen LogP contribution in [-0.2, 0) is 9.59 Å². The van der Waals surface area contributed by atoms with Gasteiger partial charge in [-0.15, -0.1) is 0 Å². The van der Waals surface area contributed by atoms with Gasteiger partial charge in [0.25, 0.3) is 11.7 Å². The largest absolute Gasteiger partial charge is 0.495 e. The molecule has 0 aliphatic carbocycles. The standard InChI is InChI=1S/C17H15ClN4O6/c1-9-17(24)21(16-13(28-9)5-6-14(20-16)22(25)26)8-15(23)19-10-3-4-12(27-2)11(18)7-10/h3-7,9H,8H2,1-2H3,(H,19,23). The van der Waals surface area contributed by atoms with Gasteiger partial charge in [-0.3, -0.25) is 14.5 Å². The van der Waals surface area contributed by atoms with Gasteiger partial charge >= 0.3 is 5.82 Å². The monoisotopic (exact) mass is 406 g/mol. The van der Waals surface area contributed by atoms with E-state index in [-0.39, 0.29) is 11.6 Å². The van der Waals surface area contributed by atoms with E-state index < -0.39 is 35.2 Å². The number of hydrogen-bond acceptors (Lipinski definition) is 7. The van der Waals surface area contributed by atoms with Crippen LogP contribution in [0.25, 0.3) is 0 Å². The molecular weight excluding hydrogens is 392 g/mol. The molecule has 1 aromatic heterocycles. The minimum atomic E-state index is -0.862. The second-order valence-electron chi connectivity index (χ2n) is 5.83. The van der Waals surface area contributed by atoms with E-state index in [1.54, 1.807) is 12.1 Å². The van der Waals surface area contributed by atoms with E-state index >= 15 is 0 Å². The fraction of sp³-hybridized carbons (Fsp3) is 0.235. The number of carbonyl (C=O) groups is 2. The first-order valence-electron chi connectivity index (χ1n) is 8.07. The molecule has 2 amide bonds. The van der Waals surface area contributed by atoms with Gasteiger partial charge in [-0.1, -0.05) is 11.6 Å². The second-order valence-corrected chi connectivity index (χ2v) is 6.24. The van der Waals surface area contributed by atoms with Crippen molar-refractivity contribution in [2.45, 2.75) is 13.0 Å². The first-order valence-corrected chi connectivity index (χ1v) is 8.45. The molecule has 0 fully saturated rings. The van der Waals surface area contributed by atoms with E-state index in [4.69, 9.17) is 21.1 Å². The van der Waals surface area contributed by atoms with Crippen LogP contribution in [-0.4, -0.2) is 41.5 Å². The third-order valence-corrected chi connectivity index (χ3v) is 4.22. The van der Waals surface area contributed by atoms with E-state index in [0.29, 0.717) is 16.5 Å². The molecule has 3 rings (SSSR count). The minimum Gasteiger partial charge on any atom is -0.495 e. The third kappa shape index (κ3) is 3.81. The van der Waals surface area contributed by atoms with E-state index in [9.17, 15) is 19.7 Å². The normalized spacial score (nSPS) is 15.5. The molecule has 0 saturated carbocycles. The van der Waals surface area contributed by atoms with Crippen LogP contribution < -0.4 is 19.7 Å². The molecule has 0 saturated heterocycles. The molecule has 1 N–H and O–H groups in total. The summed E-state index contributed by atoms with van der Waals surface area (Å²) in [6.07, 6.45) is -0.862. The summed E-state index contributed by atoms with van der Waals surface area (Å²) >= 11 is 6.03. The molecule has 1 unspecified atom stereocenters. The Bertz CT molecular complexity index is 967. The zero-order chi connectivity index (χ0) is 20.4. The third-order valence-electron chi connectivity index (χ3n) is 3.92. The number of fused-ring (bicyclic) bond motifs is 1. The Balaban J connectivity index is 1.83. The number of carbonyl (C=O) groups excluding carboxylic acids is 2. The molecule has 146 valence electrons. The van der Waals surface area contributed by atoms with Gasteiger partial charge in [0.15, 0.2) is 11.9 Å². The molecule has 10 nitrogen and oxygen atoms in total. The van der Waals surface area contributed by atoms with Crippen LogP contribution >= 0.6 is 11.6 Å². The van der Waals surface area contributed by atoms with Crippen molar-refractivity contribution in [3.63, 3.8) is 0 Å². The van der Waals surface area contributed by atoms with Crippen LogP contribution in [0.4, 0.5) is 17.3 Å².